The van der Waals surface area contributed by atoms with E-state index in [9.17, 15) is 13.2 Å². The Morgan fingerprint density at radius 3 is 1.75 bits per heavy atom. The first-order chi connectivity index (χ1) is 15.3. The van der Waals surface area contributed by atoms with E-state index in [1.165, 1.54) is 39.2 Å². The highest BCUT2D eigenvalue weighted by Gasteiger charge is 2.32. The largest absolute Gasteiger partial charge is 0.453 e. The number of fused-ring (bicyclic) bond motifs is 1. The van der Waals surface area contributed by atoms with Gasteiger partial charge < -0.3 is 4.74 Å². The first kappa shape index (κ1) is 26.3. The molecule has 8 nitrogen and oxygen atoms in total. The highest BCUT2D eigenvalue weighted by molar-refractivity contribution is 7.85. The molecule has 9 heteroatoms. The van der Waals surface area contributed by atoms with E-state index in [0.717, 1.165) is 49.2 Å². The molecule has 0 saturated heterocycles. The van der Waals surface area contributed by atoms with E-state index in [1.54, 1.807) is 0 Å². The molecule has 0 radical (unpaired) electrons. The van der Waals surface area contributed by atoms with Gasteiger partial charge in [-0.2, -0.15) is 8.42 Å². The summed E-state index contributed by atoms with van der Waals surface area (Å²) in [5, 5.41) is 4.39. The lowest BCUT2D eigenvalue weighted by molar-refractivity contribution is 0.154. The van der Waals surface area contributed by atoms with Crippen molar-refractivity contribution in [2.24, 2.45) is 9.98 Å². The summed E-state index contributed by atoms with van der Waals surface area (Å²) in [6.45, 7) is 0. The van der Waals surface area contributed by atoms with Gasteiger partial charge in [0.05, 0.1) is 23.6 Å². The van der Waals surface area contributed by atoms with Crippen LogP contribution in [0.2, 0.25) is 0 Å². The number of hydrogen-bond acceptors (Lipinski definition) is 6. The molecule has 2 N–H and O–H groups in total. The van der Waals surface area contributed by atoms with Crippen molar-refractivity contribution in [1.29, 1.82) is 0 Å². The van der Waals surface area contributed by atoms with Crippen LogP contribution in [0.25, 0.3) is 0 Å². The van der Waals surface area contributed by atoms with E-state index in [2.05, 4.69) is 15.3 Å². The van der Waals surface area contributed by atoms with E-state index in [-0.39, 0.29) is 5.75 Å². The number of ether oxygens (including phenoxy) is 1. The molecule has 1 heterocycles. The predicted molar refractivity (Wildman–Crippen MR) is 123 cm³/mol. The van der Waals surface area contributed by atoms with Gasteiger partial charge in [-0.25, -0.2) is 14.8 Å². The standard InChI is InChI=1S/C23H37N3O5S/c1-31-22(27)26-23(24-20-16-12-13-17-21(20)25-23)18-14-10-8-6-4-2-3-5-7-9-11-15-19-32(28,29)30/h12-13,16-17H,2-11,14-15,18-19H2,1H3,(H,26,27)(H,28,29,30). The number of carbonyl (C=O) groups excluding carboxylic acids is 1. The second-order valence-electron chi connectivity index (χ2n) is 8.42. The molecule has 0 unspecified atom stereocenters. The van der Waals surface area contributed by atoms with Crippen LogP contribution in [0.3, 0.4) is 0 Å². The number of carbonyl (C=O) groups is 1. The number of benzene rings is 1. The Morgan fingerprint density at radius 1 is 0.875 bits per heavy atom. The quantitative estimate of drug-likeness (QED) is 0.282. The molecule has 1 aliphatic heterocycles. The van der Waals surface area contributed by atoms with Crippen molar-refractivity contribution in [3.05, 3.63) is 35.0 Å². The van der Waals surface area contributed by atoms with Gasteiger partial charge in [0.25, 0.3) is 10.1 Å². The molecule has 0 fully saturated rings. The van der Waals surface area contributed by atoms with E-state index < -0.39 is 22.0 Å². The highest BCUT2D eigenvalue weighted by atomic mass is 32.2. The summed E-state index contributed by atoms with van der Waals surface area (Å²) < 4.78 is 34.7. The van der Waals surface area contributed by atoms with Crippen LogP contribution < -0.4 is 16.0 Å². The Bertz CT molecular complexity index is 898. The number of unbranched alkanes of at least 4 members (excludes halogenated alkanes) is 11. The summed E-state index contributed by atoms with van der Waals surface area (Å²) in [5.74, 6) is -1.08. The van der Waals surface area contributed by atoms with Crippen LogP contribution in [-0.4, -0.2) is 37.7 Å². The number of nitrogens with one attached hydrogen (secondary N) is 1. The van der Waals surface area contributed by atoms with E-state index >= 15 is 0 Å². The Kier molecular flexibility index (Phi) is 11.1. The molecule has 0 saturated carbocycles. The third-order valence-electron chi connectivity index (χ3n) is 5.66. The van der Waals surface area contributed by atoms with Crippen LogP contribution >= 0.6 is 0 Å². The number of nitrogens with zero attached hydrogens (tertiary/aromatic N) is 2. The first-order valence-electron chi connectivity index (χ1n) is 11.7. The van der Waals surface area contributed by atoms with Gasteiger partial charge >= 0.3 is 6.09 Å². The molecule has 1 aromatic rings. The number of methoxy groups -OCH3 is 1. The van der Waals surface area contributed by atoms with E-state index in [4.69, 9.17) is 9.29 Å². The Balaban J connectivity index is 1.54. The minimum Gasteiger partial charge on any atom is -0.453 e. The van der Waals surface area contributed by atoms with Gasteiger partial charge in [-0.15, -0.1) is 0 Å². The third kappa shape index (κ3) is 10.1. The maximum Gasteiger partial charge on any atom is 0.410 e. The van der Waals surface area contributed by atoms with Crippen molar-refractivity contribution in [1.82, 2.24) is 5.32 Å². The molecule has 1 amide bonds. The first-order valence-corrected chi connectivity index (χ1v) is 13.3. The van der Waals surface area contributed by atoms with Crippen LogP contribution in [0.4, 0.5) is 4.79 Å². The van der Waals surface area contributed by atoms with Crippen molar-refractivity contribution in [2.75, 3.05) is 12.9 Å². The predicted octanol–water partition coefficient (Wildman–Crippen LogP) is 3.91. The minimum atomic E-state index is -3.80. The fourth-order valence-corrected chi connectivity index (χ4v) is 4.51. The van der Waals surface area contributed by atoms with Gasteiger partial charge in [-0.1, -0.05) is 76.3 Å². The molecule has 2 rings (SSSR count). The lowest BCUT2D eigenvalue weighted by atomic mass is 10.0. The van der Waals surface area contributed by atoms with Crippen LogP contribution in [0.5, 0.6) is 0 Å². The Labute approximate surface area is 191 Å². The monoisotopic (exact) mass is 467 g/mol. The van der Waals surface area contributed by atoms with Crippen LogP contribution in [-0.2, 0) is 14.9 Å². The highest BCUT2D eigenvalue weighted by Crippen LogP contribution is 2.21. The number of rotatable bonds is 16. The third-order valence-corrected chi connectivity index (χ3v) is 6.46. The molecule has 0 aliphatic carbocycles. The maximum absolute atomic E-state index is 11.8. The van der Waals surface area contributed by atoms with Gasteiger partial charge in [0.1, 0.15) is 0 Å². The summed E-state index contributed by atoms with van der Waals surface area (Å²) in [6, 6.07) is 7.63. The summed E-state index contributed by atoms with van der Waals surface area (Å²) in [4.78, 5) is 21.1. The molecule has 180 valence electrons. The van der Waals surface area contributed by atoms with Crippen molar-refractivity contribution in [3.8, 4) is 0 Å². The van der Waals surface area contributed by atoms with Gasteiger partial charge in [0, 0.05) is 6.42 Å². The van der Waals surface area contributed by atoms with Gasteiger partial charge in [0.15, 0.2) is 0 Å². The molecule has 0 spiro atoms. The zero-order valence-corrected chi connectivity index (χ0v) is 19.9. The maximum atomic E-state index is 11.8. The SMILES string of the molecule is COC(=O)NC1(CCCCCCCCCCCCCCS(=O)(=O)O)N=c2ccccc2=N1. The smallest absolute Gasteiger partial charge is 0.410 e. The molecule has 1 aromatic carbocycles. The normalized spacial score (nSPS) is 14.3. The second kappa shape index (κ2) is 13.5. The molecule has 0 aromatic heterocycles. The Morgan fingerprint density at radius 2 is 1.31 bits per heavy atom. The van der Waals surface area contributed by atoms with Gasteiger partial charge in [-0.05, 0) is 25.0 Å². The average Bonchev–Trinajstić information content (AvgIpc) is 3.11. The average molecular weight is 468 g/mol. The van der Waals surface area contributed by atoms with Crippen molar-refractivity contribution in [2.45, 2.75) is 89.3 Å². The fraction of sp³-hybridized carbons (Fsp3) is 0.696. The fourth-order valence-electron chi connectivity index (χ4n) is 3.95. The van der Waals surface area contributed by atoms with Crippen molar-refractivity contribution in [3.63, 3.8) is 0 Å². The lowest BCUT2D eigenvalue weighted by Crippen LogP contribution is -2.45. The summed E-state index contributed by atoms with van der Waals surface area (Å²) in [6.07, 6.45) is 12.8. The molecule has 0 atom stereocenters. The summed E-state index contributed by atoms with van der Waals surface area (Å²) >= 11 is 0. The van der Waals surface area contributed by atoms with Crippen LogP contribution in [0.1, 0.15) is 83.5 Å². The number of amides is 1. The number of para-hydroxylation sites is 2. The van der Waals surface area contributed by atoms with Gasteiger partial charge in [0.2, 0.25) is 5.79 Å². The zero-order chi connectivity index (χ0) is 23.3. The summed E-state index contributed by atoms with van der Waals surface area (Å²) in [7, 11) is -2.46. The van der Waals surface area contributed by atoms with Crippen LogP contribution in [0, 0.1) is 0 Å². The molecule has 0 bridgehead atoms. The molecule has 1 aliphatic rings. The molecule has 32 heavy (non-hydrogen) atoms. The van der Waals surface area contributed by atoms with Crippen LogP contribution in [0.15, 0.2) is 34.3 Å². The minimum absolute atomic E-state index is 0.123. The van der Waals surface area contributed by atoms with Crippen molar-refractivity contribution < 1.29 is 22.5 Å². The lowest BCUT2D eigenvalue weighted by Gasteiger charge is -2.23. The Hall–Kier alpha value is -2.00. The zero-order valence-electron chi connectivity index (χ0n) is 19.1. The number of alkyl carbamates (subject to hydrolysis) is 1. The molecular formula is C23H37N3O5S. The molecular weight excluding hydrogens is 430 g/mol. The second-order valence-corrected chi connectivity index (χ2v) is 10.00. The van der Waals surface area contributed by atoms with Crippen molar-refractivity contribution >= 4 is 16.2 Å². The number of hydrogen-bond donors (Lipinski definition) is 2. The van der Waals surface area contributed by atoms with E-state index in [0.29, 0.717) is 12.8 Å². The van der Waals surface area contributed by atoms with Gasteiger partial charge in [-0.3, -0.25) is 9.87 Å². The van der Waals surface area contributed by atoms with E-state index in [1.807, 2.05) is 24.3 Å². The summed E-state index contributed by atoms with van der Waals surface area (Å²) in [5.41, 5.74) is 0. The topological polar surface area (TPSA) is 117 Å².